The lowest BCUT2D eigenvalue weighted by Gasteiger charge is -2.19. The molecule has 0 aromatic carbocycles. The van der Waals surface area contributed by atoms with Crippen molar-refractivity contribution in [3.05, 3.63) is 0 Å². The molecule has 1 aliphatic rings. The van der Waals surface area contributed by atoms with Gasteiger partial charge in [-0.3, -0.25) is 5.32 Å². The Hall–Kier alpha value is -0.810. The van der Waals surface area contributed by atoms with E-state index in [1.165, 1.54) is 0 Å². The molecule has 0 spiro atoms. The molecule has 0 saturated heterocycles. The third-order valence-corrected chi connectivity index (χ3v) is 2.24. The minimum atomic E-state index is -0.190. The van der Waals surface area contributed by atoms with Gasteiger partial charge in [0.2, 0.25) is 0 Å². The van der Waals surface area contributed by atoms with Gasteiger partial charge in [-0.2, -0.15) is 0 Å². The molecule has 70 valence electrons. The summed E-state index contributed by atoms with van der Waals surface area (Å²) in [6.45, 7) is 1.90. The molecule has 0 radical (unpaired) electrons. The van der Waals surface area contributed by atoms with E-state index >= 15 is 0 Å². The summed E-state index contributed by atoms with van der Waals surface area (Å²) in [7, 11) is 0. The highest BCUT2D eigenvalue weighted by atomic mass is 16.4. The summed E-state index contributed by atoms with van der Waals surface area (Å²) in [5.41, 5.74) is 5.19. The van der Waals surface area contributed by atoms with Crippen molar-refractivity contribution in [2.75, 3.05) is 6.61 Å². The molecule has 1 rings (SSSR count). The molecule has 12 heavy (non-hydrogen) atoms. The number of amidine groups is 1. The Morgan fingerprint density at radius 1 is 1.75 bits per heavy atom. The van der Waals surface area contributed by atoms with Gasteiger partial charge in [0.25, 0.3) is 0 Å². The monoisotopic (exact) mass is 173 g/mol. The molecule has 1 fully saturated rings. The molecule has 0 amide bonds. The Bertz CT molecular complexity index is 189. The molecule has 1 atom stereocenters. The highest BCUT2D eigenvalue weighted by Gasteiger charge is 2.43. The molecule has 0 aliphatic heterocycles. The SMILES string of the molecule is CC(NC1(CO)CC1)C(N)=NO. The van der Waals surface area contributed by atoms with Crippen LogP contribution in [0.5, 0.6) is 0 Å². The van der Waals surface area contributed by atoms with E-state index in [9.17, 15) is 0 Å². The number of hydrogen-bond acceptors (Lipinski definition) is 4. The van der Waals surface area contributed by atoms with E-state index in [2.05, 4.69) is 10.5 Å². The topological polar surface area (TPSA) is 90.9 Å². The lowest BCUT2D eigenvalue weighted by atomic mass is 10.2. The summed E-state index contributed by atoms with van der Waals surface area (Å²) < 4.78 is 0. The molecule has 1 unspecified atom stereocenters. The van der Waals surface area contributed by atoms with Gasteiger partial charge in [0.05, 0.1) is 12.6 Å². The first-order chi connectivity index (χ1) is 5.63. The van der Waals surface area contributed by atoms with Crippen LogP contribution >= 0.6 is 0 Å². The minimum absolute atomic E-state index is 0.107. The zero-order valence-electron chi connectivity index (χ0n) is 7.12. The largest absolute Gasteiger partial charge is 0.409 e. The smallest absolute Gasteiger partial charge is 0.156 e. The first-order valence-electron chi connectivity index (χ1n) is 3.99. The molecular weight excluding hydrogens is 158 g/mol. The van der Waals surface area contributed by atoms with E-state index in [0.29, 0.717) is 0 Å². The zero-order chi connectivity index (χ0) is 9.19. The van der Waals surface area contributed by atoms with Crippen molar-refractivity contribution in [1.29, 1.82) is 0 Å². The fourth-order valence-electron chi connectivity index (χ4n) is 1.12. The van der Waals surface area contributed by atoms with Crippen molar-refractivity contribution in [1.82, 2.24) is 5.32 Å². The summed E-state index contributed by atoms with van der Waals surface area (Å²) in [6, 6.07) is -0.190. The molecule has 0 aromatic heterocycles. The second kappa shape index (κ2) is 3.28. The predicted molar refractivity (Wildman–Crippen MR) is 45.1 cm³/mol. The van der Waals surface area contributed by atoms with Crippen molar-refractivity contribution < 1.29 is 10.3 Å². The fraction of sp³-hybridized carbons (Fsp3) is 0.857. The van der Waals surface area contributed by atoms with Gasteiger partial charge in [0, 0.05) is 5.54 Å². The lowest BCUT2D eigenvalue weighted by molar-refractivity contribution is 0.226. The average Bonchev–Trinajstić information content (AvgIpc) is 2.84. The summed E-state index contributed by atoms with van der Waals surface area (Å²) in [5, 5.41) is 23.3. The van der Waals surface area contributed by atoms with Gasteiger partial charge < -0.3 is 16.0 Å². The Kier molecular flexibility index (Phi) is 2.54. The van der Waals surface area contributed by atoms with Gasteiger partial charge in [-0.1, -0.05) is 5.16 Å². The molecule has 0 aromatic rings. The third kappa shape index (κ3) is 1.86. The number of nitrogens with two attached hydrogens (primary N) is 1. The van der Waals surface area contributed by atoms with Crippen LogP contribution in [0, 0.1) is 0 Å². The maximum Gasteiger partial charge on any atom is 0.156 e. The number of hydrogen-bond donors (Lipinski definition) is 4. The van der Waals surface area contributed by atoms with Crippen LogP contribution in [-0.4, -0.2) is 34.3 Å². The number of aliphatic hydroxyl groups is 1. The van der Waals surface area contributed by atoms with Crippen molar-refractivity contribution in [3.8, 4) is 0 Å². The lowest BCUT2D eigenvalue weighted by Crippen LogP contribution is -2.47. The van der Waals surface area contributed by atoms with E-state index in [0.717, 1.165) is 12.8 Å². The van der Waals surface area contributed by atoms with Gasteiger partial charge in [-0.15, -0.1) is 0 Å². The third-order valence-electron chi connectivity index (χ3n) is 2.24. The Labute approximate surface area is 71.3 Å². The Balaban J connectivity index is 2.41. The van der Waals surface area contributed by atoms with Crippen molar-refractivity contribution >= 4 is 5.84 Å². The molecule has 5 N–H and O–H groups in total. The van der Waals surface area contributed by atoms with Crippen LogP contribution in [0.2, 0.25) is 0 Å². The van der Waals surface area contributed by atoms with Crippen LogP contribution in [-0.2, 0) is 0 Å². The van der Waals surface area contributed by atoms with Crippen molar-refractivity contribution in [3.63, 3.8) is 0 Å². The number of nitrogens with zero attached hydrogens (tertiary/aromatic N) is 1. The van der Waals surface area contributed by atoms with Gasteiger partial charge in [-0.05, 0) is 19.8 Å². The van der Waals surface area contributed by atoms with Gasteiger partial charge in [-0.25, -0.2) is 0 Å². The minimum Gasteiger partial charge on any atom is -0.409 e. The van der Waals surface area contributed by atoms with Crippen LogP contribution in [0.1, 0.15) is 19.8 Å². The maximum atomic E-state index is 8.95. The second-order valence-corrected chi connectivity index (χ2v) is 3.33. The maximum absolute atomic E-state index is 8.95. The number of oxime groups is 1. The Morgan fingerprint density at radius 3 is 2.67 bits per heavy atom. The molecule has 1 aliphatic carbocycles. The number of rotatable bonds is 4. The standard InChI is InChI=1S/C7H15N3O2/c1-5(6(8)10-12)9-7(4-11)2-3-7/h5,9,11-12H,2-4H2,1H3,(H2,8,10). The van der Waals surface area contributed by atoms with Crippen molar-refractivity contribution in [2.45, 2.75) is 31.3 Å². The van der Waals surface area contributed by atoms with Gasteiger partial charge in [0.1, 0.15) is 0 Å². The van der Waals surface area contributed by atoms with E-state index in [4.69, 9.17) is 16.0 Å². The quantitative estimate of drug-likeness (QED) is 0.194. The molecular formula is C7H15N3O2. The Morgan fingerprint density at radius 2 is 2.33 bits per heavy atom. The van der Waals surface area contributed by atoms with Crippen LogP contribution < -0.4 is 11.1 Å². The molecule has 1 saturated carbocycles. The number of nitrogens with one attached hydrogen (secondary N) is 1. The fourth-order valence-corrected chi connectivity index (χ4v) is 1.12. The highest BCUT2D eigenvalue weighted by Crippen LogP contribution is 2.34. The molecule has 0 bridgehead atoms. The second-order valence-electron chi connectivity index (χ2n) is 3.33. The normalized spacial score (nSPS) is 23.7. The summed E-state index contributed by atoms with van der Waals surface area (Å²) >= 11 is 0. The zero-order valence-corrected chi connectivity index (χ0v) is 7.12. The summed E-state index contributed by atoms with van der Waals surface area (Å²) in [5.74, 6) is 0.148. The highest BCUT2D eigenvalue weighted by molar-refractivity contribution is 5.84. The van der Waals surface area contributed by atoms with Crippen LogP contribution in [0.25, 0.3) is 0 Å². The predicted octanol–water partition coefficient (Wildman–Crippen LogP) is -0.764. The van der Waals surface area contributed by atoms with Crippen LogP contribution in [0.3, 0.4) is 0 Å². The van der Waals surface area contributed by atoms with Gasteiger partial charge in [0.15, 0.2) is 5.84 Å². The van der Waals surface area contributed by atoms with E-state index in [-0.39, 0.29) is 24.0 Å². The molecule has 5 heteroatoms. The molecule has 0 heterocycles. The van der Waals surface area contributed by atoms with E-state index < -0.39 is 0 Å². The van der Waals surface area contributed by atoms with E-state index in [1.54, 1.807) is 6.92 Å². The average molecular weight is 173 g/mol. The van der Waals surface area contributed by atoms with E-state index in [1.807, 2.05) is 0 Å². The first kappa shape index (κ1) is 9.28. The number of aliphatic hydroxyl groups excluding tert-OH is 1. The summed E-state index contributed by atoms with van der Waals surface area (Å²) in [6.07, 6.45) is 1.90. The van der Waals surface area contributed by atoms with Crippen LogP contribution in [0.15, 0.2) is 5.16 Å². The van der Waals surface area contributed by atoms with Gasteiger partial charge >= 0.3 is 0 Å². The summed E-state index contributed by atoms with van der Waals surface area (Å²) in [4.78, 5) is 0. The molecule has 5 nitrogen and oxygen atoms in total. The first-order valence-corrected chi connectivity index (χ1v) is 3.99. The van der Waals surface area contributed by atoms with Crippen LogP contribution in [0.4, 0.5) is 0 Å². The van der Waals surface area contributed by atoms with Crippen molar-refractivity contribution in [2.24, 2.45) is 10.9 Å².